The van der Waals surface area contributed by atoms with E-state index in [9.17, 15) is 8.60 Å². The number of nitrogens with zero attached hydrogens (tertiary/aromatic N) is 4. The number of aromatic nitrogens is 3. The van der Waals surface area contributed by atoms with E-state index in [0.717, 1.165) is 33.8 Å². The minimum absolute atomic E-state index is 0.223. The monoisotopic (exact) mass is 450 g/mol. The second-order valence-corrected chi connectivity index (χ2v) is 10.2. The van der Waals surface area contributed by atoms with Crippen molar-refractivity contribution in [1.82, 2.24) is 14.4 Å². The summed E-state index contributed by atoms with van der Waals surface area (Å²) in [4.78, 5) is 9.16. The van der Waals surface area contributed by atoms with E-state index in [1.54, 1.807) is 31.9 Å². The van der Waals surface area contributed by atoms with Crippen LogP contribution in [-0.4, -0.2) is 38.5 Å². The standard InChI is InChI=1S/C24H23FN4O2S/c1-26-32(2,30)24-23-19(16-6-4-3-5-7-16)14-27-22(29(23)15-28-24)11-8-17-18-12-13-31-21(18)10-9-20(17)25/h3-7,9-10,14-15H,8,11-13H2,1-2H3. The Morgan fingerprint density at radius 1 is 1.16 bits per heavy atom. The number of ether oxygens (including phenoxy) is 1. The van der Waals surface area contributed by atoms with Crippen LogP contribution >= 0.6 is 0 Å². The molecule has 1 aliphatic heterocycles. The van der Waals surface area contributed by atoms with Crippen molar-refractivity contribution >= 4 is 15.2 Å². The van der Waals surface area contributed by atoms with Crippen LogP contribution in [0.4, 0.5) is 4.39 Å². The van der Waals surface area contributed by atoms with Crippen molar-refractivity contribution in [2.24, 2.45) is 4.36 Å². The first-order valence-electron chi connectivity index (χ1n) is 10.4. The first kappa shape index (κ1) is 20.6. The molecule has 0 radical (unpaired) electrons. The van der Waals surface area contributed by atoms with Crippen LogP contribution in [-0.2, 0) is 29.0 Å². The van der Waals surface area contributed by atoms with Gasteiger partial charge in [-0.05, 0) is 29.7 Å². The van der Waals surface area contributed by atoms with Gasteiger partial charge < -0.3 is 4.74 Å². The smallest absolute Gasteiger partial charge is 0.161 e. The zero-order valence-electron chi connectivity index (χ0n) is 17.9. The van der Waals surface area contributed by atoms with Crippen LogP contribution in [0.5, 0.6) is 5.75 Å². The van der Waals surface area contributed by atoms with Crippen molar-refractivity contribution in [3.05, 3.63) is 77.8 Å². The third-order valence-corrected chi connectivity index (χ3v) is 7.65. The third-order valence-electron chi connectivity index (χ3n) is 5.94. The van der Waals surface area contributed by atoms with E-state index in [1.807, 2.05) is 34.7 Å². The van der Waals surface area contributed by atoms with Crippen LogP contribution in [0.25, 0.3) is 16.6 Å². The number of imidazole rings is 1. The Hall–Kier alpha value is -3.26. The molecule has 6 nitrogen and oxygen atoms in total. The maximum absolute atomic E-state index is 14.6. The summed E-state index contributed by atoms with van der Waals surface area (Å²) in [6, 6.07) is 13.0. The summed E-state index contributed by atoms with van der Waals surface area (Å²) in [5.41, 5.74) is 4.12. The van der Waals surface area contributed by atoms with Gasteiger partial charge in [-0.3, -0.25) is 4.40 Å². The molecule has 0 fully saturated rings. The zero-order valence-corrected chi connectivity index (χ0v) is 18.7. The number of benzene rings is 2. The molecule has 1 atom stereocenters. The van der Waals surface area contributed by atoms with Crippen LogP contribution in [0.1, 0.15) is 17.0 Å². The van der Waals surface area contributed by atoms with Gasteiger partial charge in [0.05, 0.1) is 21.9 Å². The second kappa shape index (κ2) is 8.02. The summed E-state index contributed by atoms with van der Waals surface area (Å²) >= 11 is 0. The van der Waals surface area contributed by atoms with E-state index in [0.29, 0.717) is 36.5 Å². The van der Waals surface area contributed by atoms with Crippen LogP contribution in [0.15, 0.2) is 64.4 Å². The van der Waals surface area contributed by atoms with E-state index in [2.05, 4.69) is 14.3 Å². The average molecular weight is 451 g/mol. The molecule has 8 heteroatoms. The first-order chi connectivity index (χ1) is 15.5. The highest BCUT2D eigenvalue weighted by molar-refractivity contribution is 7.93. The molecule has 2 aromatic heterocycles. The van der Waals surface area contributed by atoms with Crippen LogP contribution in [0, 0.1) is 5.82 Å². The van der Waals surface area contributed by atoms with Gasteiger partial charge in [-0.1, -0.05) is 30.3 Å². The molecule has 1 unspecified atom stereocenters. The number of aryl methyl sites for hydroxylation is 1. The average Bonchev–Trinajstić information content (AvgIpc) is 3.47. The number of hydrogen-bond donors (Lipinski definition) is 0. The van der Waals surface area contributed by atoms with Crippen molar-refractivity contribution in [1.29, 1.82) is 0 Å². The van der Waals surface area contributed by atoms with E-state index in [1.165, 1.54) is 6.07 Å². The molecule has 164 valence electrons. The van der Waals surface area contributed by atoms with Crippen molar-refractivity contribution in [3.63, 3.8) is 0 Å². The Morgan fingerprint density at radius 2 is 1.97 bits per heavy atom. The topological polar surface area (TPSA) is 68.9 Å². The van der Waals surface area contributed by atoms with E-state index in [-0.39, 0.29) is 5.82 Å². The molecule has 0 aliphatic carbocycles. The number of fused-ring (bicyclic) bond motifs is 2. The van der Waals surface area contributed by atoms with Crippen molar-refractivity contribution in [3.8, 4) is 16.9 Å². The van der Waals surface area contributed by atoms with E-state index < -0.39 is 9.73 Å². The summed E-state index contributed by atoms with van der Waals surface area (Å²) < 4.78 is 39.3. The molecule has 0 N–H and O–H groups in total. The van der Waals surface area contributed by atoms with Gasteiger partial charge in [0.2, 0.25) is 0 Å². The second-order valence-electron chi connectivity index (χ2n) is 7.81. The van der Waals surface area contributed by atoms with Gasteiger partial charge in [0.1, 0.15) is 23.7 Å². The van der Waals surface area contributed by atoms with Gasteiger partial charge in [0.15, 0.2) is 5.03 Å². The predicted octanol–water partition coefficient (Wildman–Crippen LogP) is 4.34. The SMILES string of the molecule is CN=S(C)(=O)c1ncn2c(CCc3c(F)ccc4c3CCO4)ncc(-c3ccccc3)c12. The lowest BCUT2D eigenvalue weighted by atomic mass is 10.00. The first-order valence-corrected chi connectivity index (χ1v) is 12.4. The third kappa shape index (κ3) is 3.44. The Kier molecular flexibility index (Phi) is 5.17. The number of rotatable bonds is 5. The molecule has 0 bridgehead atoms. The van der Waals surface area contributed by atoms with Crippen molar-refractivity contribution < 1.29 is 13.3 Å². The number of hydrogen-bond acceptors (Lipinski definition) is 5. The molecule has 2 aromatic carbocycles. The van der Waals surface area contributed by atoms with Crippen LogP contribution in [0.2, 0.25) is 0 Å². The molecule has 0 spiro atoms. The highest BCUT2D eigenvalue weighted by Crippen LogP contribution is 2.32. The van der Waals surface area contributed by atoms with E-state index in [4.69, 9.17) is 4.74 Å². The van der Waals surface area contributed by atoms with Crippen molar-refractivity contribution in [2.45, 2.75) is 24.3 Å². The molecule has 0 saturated carbocycles. The molecular weight excluding hydrogens is 427 g/mol. The minimum atomic E-state index is -2.67. The van der Waals surface area contributed by atoms with E-state index >= 15 is 0 Å². The van der Waals surface area contributed by atoms with Crippen molar-refractivity contribution in [2.75, 3.05) is 19.9 Å². The molecule has 32 heavy (non-hydrogen) atoms. The van der Waals surface area contributed by atoms with Crippen LogP contribution < -0.4 is 4.74 Å². The molecule has 1 aliphatic rings. The minimum Gasteiger partial charge on any atom is -0.493 e. The molecule has 5 rings (SSSR count). The Balaban J connectivity index is 1.62. The zero-order chi connectivity index (χ0) is 22.3. The highest BCUT2D eigenvalue weighted by Gasteiger charge is 2.22. The Morgan fingerprint density at radius 3 is 2.75 bits per heavy atom. The maximum Gasteiger partial charge on any atom is 0.161 e. The van der Waals surface area contributed by atoms with Gasteiger partial charge in [-0.2, -0.15) is 0 Å². The fraction of sp³-hybridized carbons (Fsp3) is 0.250. The Bertz CT molecular complexity index is 1440. The van der Waals surface area contributed by atoms with Gasteiger partial charge in [-0.25, -0.2) is 22.9 Å². The summed E-state index contributed by atoms with van der Waals surface area (Å²) in [7, 11) is -1.13. The molecular formula is C24H23FN4O2S. The number of halogens is 1. The van der Waals surface area contributed by atoms with Gasteiger partial charge in [-0.15, -0.1) is 0 Å². The highest BCUT2D eigenvalue weighted by atomic mass is 32.2. The lowest BCUT2D eigenvalue weighted by Crippen LogP contribution is -2.07. The summed E-state index contributed by atoms with van der Waals surface area (Å²) in [6.45, 7) is 0.580. The van der Waals surface area contributed by atoms with Gasteiger partial charge in [0.25, 0.3) is 0 Å². The summed E-state index contributed by atoms with van der Waals surface area (Å²) in [5.74, 6) is 1.26. The fourth-order valence-electron chi connectivity index (χ4n) is 4.24. The predicted molar refractivity (Wildman–Crippen MR) is 122 cm³/mol. The lowest BCUT2D eigenvalue weighted by molar-refractivity contribution is 0.356. The Labute approximate surface area is 186 Å². The molecule has 3 heterocycles. The maximum atomic E-state index is 14.6. The normalized spacial score (nSPS) is 14.7. The van der Waals surface area contributed by atoms with Gasteiger partial charge >= 0.3 is 0 Å². The summed E-state index contributed by atoms with van der Waals surface area (Å²) in [5, 5.41) is 0.433. The largest absolute Gasteiger partial charge is 0.493 e. The van der Waals surface area contributed by atoms with Gasteiger partial charge in [0, 0.05) is 43.5 Å². The summed E-state index contributed by atoms with van der Waals surface area (Å²) in [6.07, 6.45) is 6.71. The fourth-order valence-corrected chi connectivity index (χ4v) is 5.22. The molecule has 4 aromatic rings. The molecule has 0 saturated heterocycles. The van der Waals surface area contributed by atoms with Crippen LogP contribution in [0.3, 0.4) is 0 Å². The lowest BCUT2D eigenvalue weighted by Gasteiger charge is -2.12. The molecule has 0 amide bonds. The quantitative estimate of drug-likeness (QED) is 0.454.